The third-order valence-electron chi connectivity index (χ3n) is 2.00. The molecule has 3 nitrogen and oxygen atoms in total. The molecule has 4 heteroatoms. The molecular weight excluding hydrogens is 199 g/mol. The van der Waals surface area contributed by atoms with Crippen molar-refractivity contribution in [2.24, 2.45) is 0 Å². The predicted octanol–water partition coefficient (Wildman–Crippen LogP) is 2.32. The van der Waals surface area contributed by atoms with Crippen molar-refractivity contribution in [3.05, 3.63) is 29.1 Å². The van der Waals surface area contributed by atoms with E-state index in [0.29, 0.717) is 5.56 Å². The molecular formula is C11H13FO3. The van der Waals surface area contributed by atoms with Crippen LogP contribution in [0.15, 0.2) is 12.1 Å². The summed E-state index contributed by atoms with van der Waals surface area (Å²) in [5, 5.41) is 0. The van der Waals surface area contributed by atoms with Crippen LogP contribution in [0.25, 0.3) is 0 Å². The van der Waals surface area contributed by atoms with Crippen LogP contribution in [0, 0.1) is 12.7 Å². The summed E-state index contributed by atoms with van der Waals surface area (Å²) in [6.07, 6.45) is 0. The molecule has 0 bridgehead atoms. The molecule has 1 aromatic carbocycles. The maximum atomic E-state index is 13.6. The van der Waals surface area contributed by atoms with Gasteiger partial charge in [-0.25, -0.2) is 9.18 Å². The van der Waals surface area contributed by atoms with Crippen LogP contribution in [0.1, 0.15) is 22.8 Å². The molecule has 0 unspecified atom stereocenters. The summed E-state index contributed by atoms with van der Waals surface area (Å²) in [4.78, 5) is 11.5. The van der Waals surface area contributed by atoms with E-state index in [4.69, 9.17) is 9.47 Å². The number of carbonyl (C=O) groups is 1. The van der Waals surface area contributed by atoms with Crippen LogP contribution in [0.4, 0.5) is 4.39 Å². The van der Waals surface area contributed by atoms with Gasteiger partial charge in [-0.15, -0.1) is 0 Å². The highest BCUT2D eigenvalue weighted by Gasteiger charge is 2.20. The first kappa shape index (κ1) is 11.5. The van der Waals surface area contributed by atoms with Gasteiger partial charge in [0.1, 0.15) is 17.1 Å². The third-order valence-corrected chi connectivity index (χ3v) is 2.00. The molecule has 0 aliphatic rings. The number of rotatable bonds is 3. The summed E-state index contributed by atoms with van der Waals surface area (Å²) >= 11 is 0. The van der Waals surface area contributed by atoms with E-state index in [1.165, 1.54) is 7.11 Å². The molecule has 0 aromatic heterocycles. The minimum atomic E-state index is -0.699. The average molecular weight is 212 g/mol. The molecule has 0 heterocycles. The second-order valence-electron chi connectivity index (χ2n) is 2.99. The quantitative estimate of drug-likeness (QED) is 0.721. The standard InChI is InChI=1S/C11H13FO3/c1-4-15-11(13)9-8(14-3)6-5-7(2)10(9)12/h5-6H,4H2,1-3H3. The molecule has 1 rings (SSSR count). The van der Waals surface area contributed by atoms with Gasteiger partial charge < -0.3 is 9.47 Å². The van der Waals surface area contributed by atoms with Gasteiger partial charge in [0.2, 0.25) is 0 Å². The Morgan fingerprint density at radius 3 is 2.67 bits per heavy atom. The lowest BCUT2D eigenvalue weighted by Crippen LogP contribution is -2.10. The number of methoxy groups -OCH3 is 1. The van der Waals surface area contributed by atoms with E-state index in [1.807, 2.05) is 0 Å². The summed E-state index contributed by atoms with van der Waals surface area (Å²) in [7, 11) is 1.38. The molecule has 0 saturated heterocycles. The Hall–Kier alpha value is -1.58. The van der Waals surface area contributed by atoms with E-state index in [1.54, 1.807) is 26.0 Å². The van der Waals surface area contributed by atoms with Crippen LogP contribution in [-0.2, 0) is 4.74 Å². The van der Waals surface area contributed by atoms with E-state index >= 15 is 0 Å². The first-order chi connectivity index (χ1) is 7.11. The lowest BCUT2D eigenvalue weighted by atomic mass is 10.1. The average Bonchev–Trinajstić information content (AvgIpc) is 2.22. The number of esters is 1. The summed E-state index contributed by atoms with van der Waals surface area (Å²) in [6.45, 7) is 3.45. The number of carbonyl (C=O) groups excluding carboxylic acids is 1. The van der Waals surface area contributed by atoms with Crippen molar-refractivity contribution in [3.63, 3.8) is 0 Å². The molecule has 0 saturated carbocycles. The van der Waals surface area contributed by atoms with Gasteiger partial charge in [0.15, 0.2) is 0 Å². The minimum Gasteiger partial charge on any atom is -0.496 e. The highest BCUT2D eigenvalue weighted by molar-refractivity contribution is 5.93. The van der Waals surface area contributed by atoms with Gasteiger partial charge >= 0.3 is 5.97 Å². The Kier molecular flexibility index (Phi) is 3.66. The smallest absolute Gasteiger partial charge is 0.344 e. The monoisotopic (exact) mass is 212 g/mol. The lowest BCUT2D eigenvalue weighted by Gasteiger charge is -2.09. The van der Waals surface area contributed by atoms with Crippen molar-refractivity contribution in [3.8, 4) is 5.75 Å². The van der Waals surface area contributed by atoms with Gasteiger partial charge in [-0.3, -0.25) is 0 Å². The molecule has 0 spiro atoms. The van der Waals surface area contributed by atoms with Gasteiger partial charge in [-0.2, -0.15) is 0 Å². The van der Waals surface area contributed by atoms with E-state index in [2.05, 4.69) is 0 Å². The molecule has 0 aliphatic heterocycles. The molecule has 0 atom stereocenters. The van der Waals surface area contributed by atoms with Crippen LogP contribution in [-0.4, -0.2) is 19.7 Å². The third kappa shape index (κ3) is 2.26. The normalized spacial score (nSPS) is 9.87. The highest BCUT2D eigenvalue weighted by Crippen LogP contribution is 2.24. The Balaban J connectivity index is 3.23. The number of hydrogen-bond acceptors (Lipinski definition) is 3. The van der Waals surface area contributed by atoms with Gasteiger partial charge in [0.25, 0.3) is 0 Å². The summed E-state index contributed by atoms with van der Waals surface area (Å²) < 4.78 is 23.3. The Labute approximate surface area is 87.8 Å². The Morgan fingerprint density at radius 2 is 2.13 bits per heavy atom. The second-order valence-corrected chi connectivity index (χ2v) is 2.99. The molecule has 0 amide bonds. The molecule has 0 N–H and O–H groups in total. The van der Waals surface area contributed by atoms with E-state index in [0.717, 1.165) is 0 Å². The van der Waals surface area contributed by atoms with Crippen molar-refractivity contribution in [2.45, 2.75) is 13.8 Å². The van der Waals surface area contributed by atoms with Crippen LogP contribution in [0.3, 0.4) is 0 Å². The zero-order valence-electron chi connectivity index (χ0n) is 8.96. The molecule has 82 valence electrons. The van der Waals surface area contributed by atoms with Gasteiger partial charge in [0.05, 0.1) is 13.7 Å². The van der Waals surface area contributed by atoms with Crippen molar-refractivity contribution < 1.29 is 18.7 Å². The van der Waals surface area contributed by atoms with E-state index in [-0.39, 0.29) is 17.9 Å². The summed E-state index contributed by atoms with van der Waals surface area (Å²) in [5.74, 6) is -1.10. The molecule has 0 fully saturated rings. The first-order valence-corrected chi connectivity index (χ1v) is 4.62. The topological polar surface area (TPSA) is 35.5 Å². The molecule has 1 aromatic rings. The van der Waals surface area contributed by atoms with E-state index in [9.17, 15) is 9.18 Å². The molecule has 0 radical (unpaired) electrons. The number of hydrogen-bond donors (Lipinski definition) is 0. The summed E-state index contributed by atoms with van der Waals surface area (Å²) in [5.41, 5.74) is 0.248. The largest absolute Gasteiger partial charge is 0.496 e. The SMILES string of the molecule is CCOC(=O)c1c(OC)ccc(C)c1F. The zero-order chi connectivity index (χ0) is 11.4. The van der Waals surface area contributed by atoms with Crippen molar-refractivity contribution >= 4 is 5.97 Å². The van der Waals surface area contributed by atoms with Crippen molar-refractivity contribution in [2.75, 3.05) is 13.7 Å². The number of ether oxygens (including phenoxy) is 2. The van der Waals surface area contributed by atoms with Crippen LogP contribution in [0.2, 0.25) is 0 Å². The molecule has 0 aliphatic carbocycles. The Bertz CT molecular complexity index is 374. The van der Waals surface area contributed by atoms with Crippen molar-refractivity contribution in [1.82, 2.24) is 0 Å². The minimum absolute atomic E-state index is 0.139. The first-order valence-electron chi connectivity index (χ1n) is 4.62. The van der Waals surface area contributed by atoms with Crippen molar-refractivity contribution in [1.29, 1.82) is 0 Å². The maximum Gasteiger partial charge on any atom is 0.344 e. The number of benzene rings is 1. The van der Waals surface area contributed by atoms with Gasteiger partial charge in [0, 0.05) is 0 Å². The number of halogens is 1. The van der Waals surface area contributed by atoms with Crippen LogP contribution >= 0.6 is 0 Å². The van der Waals surface area contributed by atoms with E-state index < -0.39 is 11.8 Å². The van der Waals surface area contributed by atoms with Gasteiger partial charge in [-0.05, 0) is 25.5 Å². The Morgan fingerprint density at radius 1 is 1.47 bits per heavy atom. The maximum absolute atomic E-state index is 13.6. The fraction of sp³-hybridized carbons (Fsp3) is 0.364. The lowest BCUT2D eigenvalue weighted by molar-refractivity contribution is 0.0517. The second kappa shape index (κ2) is 4.77. The van der Waals surface area contributed by atoms with Crippen LogP contribution < -0.4 is 4.74 Å². The highest BCUT2D eigenvalue weighted by atomic mass is 19.1. The zero-order valence-corrected chi connectivity index (χ0v) is 8.96. The predicted molar refractivity (Wildman–Crippen MR) is 53.6 cm³/mol. The summed E-state index contributed by atoms with van der Waals surface area (Å²) in [6, 6.07) is 3.10. The van der Waals surface area contributed by atoms with Gasteiger partial charge in [-0.1, -0.05) is 6.07 Å². The van der Waals surface area contributed by atoms with Crippen LogP contribution in [0.5, 0.6) is 5.75 Å². The number of aryl methyl sites for hydroxylation is 1. The fourth-order valence-corrected chi connectivity index (χ4v) is 1.23. The fourth-order valence-electron chi connectivity index (χ4n) is 1.23. The molecule has 15 heavy (non-hydrogen) atoms.